The van der Waals surface area contributed by atoms with E-state index in [1.165, 1.54) is 5.56 Å². The van der Waals surface area contributed by atoms with Gasteiger partial charge in [-0.2, -0.15) is 0 Å². The predicted molar refractivity (Wildman–Crippen MR) is 114 cm³/mol. The molecule has 0 spiro atoms. The molecule has 0 saturated carbocycles. The number of hydrogen-bond acceptors (Lipinski definition) is 6. The van der Waals surface area contributed by atoms with E-state index < -0.39 is 0 Å². The highest BCUT2D eigenvalue weighted by Gasteiger charge is 2.02. The van der Waals surface area contributed by atoms with E-state index in [4.69, 9.17) is 4.74 Å². The van der Waals surface area contributed by atoms with Crippen LogP contribution in [0.5, 0.6) is 5.75 Å². The molecule has 0 fully saturated rings. The summed E-state index contributed by atoms with van der Waals surface area (Å²) in [7, 11) is 3.74. The molecule has 0 bridgehead atoms. The Balaban J connectivity index is 1.55. The van der Waals surface area contributed by atoms with Crippen molar-refractivity contribution in [1.29, 1.82) is 0 Å². The van der Waals surface area contributed by atoms with Gasteiger partial charge in [-0.1, -0.05) is 30.3 Å². The number of pyridine rings is 1. The second-order valence-electron chi connectivity index (χ2n) is 6.37. The summed E-state index contributed by atoms with van der Waals surface area (Å²) >= 11 is 0. The van der Waals surface area contributed by atoms with Gasteiger partial charge in [-0.15, -0.1) is 0 Å². The normalized spacial score (nSPS) is 10.6. The average molecular weight is 377 g/mol. The Morgan fingerprint density at radius 1 is 0.857 bits per heavy atom. The molecule has 2 aromatic carbocycles. The minimum atomic E-state index is 0.545. The lowest BCUT2D eigenvalue weighted by atomic mass is 10.1. The van der Waals surface area contributed by atoms with Gasteiger partial charge in [-0.3, -0.25) is 0 Å². The van der Waals surface area contributed by atoms with E-state index in [1.54, 1.807) is 0 Å². The van der Waals surface area contributed by atoms with Gasteiger partial charge in [0.15, 0.2) is 0 Å². The lowest BCUT2D eigenvalue weighted by Crippen LogP contribution is -2.25. The summed E-state index contributed by atoms with van der Waals surface area (Å²) in [6, 6.07) is 22.4. The maximum atomic E-state index is 5.92. The number of benzene rings is 2. The second kappa shape index (κ2) is 10.4. The number of anilines is 1. The minimum Gasteiger partial charge on any atom is -0.489 e. The molecule has 0 saturated heterocycles. The van der Waals surface area contributed by atoms with Crippen LogP contribution in [-0.2, 0) is 13.2 Å². The Kier molecular flexibility index (Phi) is 7.37. The van der Waals surface area contributed by atoms with Crippen LogP contribution < -0.4 is 26.2 Å². The molecule has 0 amide bonds. The summed E-state index contributed by atoms with van der Waals surface area (Å²) in [5.74, 6) is 1.62. The topological polar surface area (TPSA) is 70.2 Å². The van der Waals surface area contributed by atoms with Gasteiger partial charge in [0.05, 0.1) is 5.69 Å². The number of hydrogen-bond donors (Lipinski definition) is 4. The first kappa shape index (κ1) is 19.8. The number of aromatic nitrogens is 1. The van der Waals surface area contributed by atoms with Gasteiger partial charge < -0.3 is 20.8 Å². The SMILES string of the molecule is CNCNCc1ccc(COc2ccc(-c3cccc(NNC)n3)cc2)cc1. The maximum absolute atomic E-state index is 5.92. The predicted octanol–water partition coefficient (Wildman–Crippen LogP) is 3.14. The van der Waals surface area contributed by atoms with Gasteiger partial charge in [-0.25, -0.2) is 10.4 Å². The van der Waals surface area contributed by atoms with Gasteiger partial charge in [0.25, 0.3) is 0 Å². The zero-order valence-electron chi connectivity index (χ0n) is 16.3. The number of rotatable bonds is 10. The summed E-state index contributed by atoms with van der Waals surface area (Å²) in [5, 5.41) is 6.37. The zero-order valence-corrected chi connectivity index (χ0v) is 16.3. The van der Waals surface area contributed by atoms with Crippen LogP contribution in [-0.4, -0.2) is 25.7 Å². The third-order valence-electron chi connectivity index (χ3n) is 4.21. The summed E-state index contributed by atoms with van der Waals surface area (Å²) in [5.41, 5.74) is 10.2. The third kappa shape index (κ3) is 5.79. The van der Waals surface area contributed by atoms with Gasteiger partial charge in [-0.05, 0) is 54.6 Å². The van der Waals surface area contributed by atoms with Crippen LogP contribution >= 0.6 is 0 Å². The molecule has 1 heterocycles. The highest BCUT2D eigenvalue weighted by atomic mass is 16.5. The molecule has 1 aromatic heterocycles. The van der Waals surface area contributed by atoms with Crippen molar-refractivity contribution in [3.63, 3.8) is 0 Å². The summed E-state index contributed by atoms with van der Waals surface area (Å²) in [6.45, 7) is 2.19. The van der Waals surface area contributed by atoms with Gasteiger partial charge in [0.1, 0.15) is 18.2 Å². The van der Waals surface area contributed by atoms with Crippen LogP contribution in [0.15, 0.2) is 66.7 Å². The number of nitrogens with one attached hydrogen (secondary N) is 4. The number of nitrogens with zero attached hydrogens (tertiary/aromatic N) is 1. The van der Waals surface area contributed by atoms with Gasteiger partial charge in [0.2, 0.25) is 0 Å². The summed E-state index contributed by atoms with van der Waals surface area (Å²) < 4.78 is 5.92. The van der Waals surface area contributed by atoms with E-state index in [2.05, 4.69) is 50.7 Å². The fourth-order valence-electron chi connectivity index (χ4n) is 2.77. The van der Waals surface area contributed by atoms with Crippen LogP contribution in [0.2, 0.25) is 0 Å². The van der Waals surface area contributed by atoms with Crippen LogP contribution in [0, 0.1) is 0 Å². The Morgan fingerprint density at radius 2 is 1.61 bits per heavy atom. The summed E-state index contributed by atoms with van der Waals surface area (Å²) in [6.07, 6.45) is 0. The van der Waals surface area contributed by atoms with Crippen LogP contribution in [0.3, 0.4) is 0 Å². The molecule has 0 aliphatic carbocycles. The van der Waals surface area contributed by atoms with E-state index in [0.29, 0.717) is 6.61 Å². The van der Waals surface area contributed by atoms with Crippen LogP contribution in [0.1, 0.15) is 11.1 Å². The third-order valence-corrected chi connectivity index (χ3v) is 4.21. The summed E-state index contributed by atoms with van der Waals surface area (Å²) in [4.78, 5) is 4.57. The Hall–Kier alpha value is -2.93. The molecular weight excluding hydrogens is 350 g/mol. The molecule has 146 valence electrons. The van der Waals surface area contributed by atoms with Crippen molar-refractivity contribution in [3.8, 4) is 17.0 Å². The van der Waals surface area contributed by atoms with Gasteiger partial charge in [0, 0.05) is 25.8 Å². The van der Waals surface area contributed by atoms with Crippen LogP contribution in [0.25, 0.3) is 11.3 Å². The van der Waals surface area contributed by atoms with E-state index in [1.807, 2.05) is 56.6 Å². The largest absolute Gasteiger partial charge is 0.489 e. The van der Waals surface area contributed by atoms with Crippen molar-refractivity contribution in [2.45, 2.75) is 13.2 Å². The van der Waals surface area contributed by atoms with Crippen molar-refractivity contribution in [2.24, 2.45) is 0 Å². The maximum Gasteiger partial charge on any atom is 0.140 e. The zero-order chi connectivity index (χ0) is 19.6. The van der Waals surface area contributed by atoms with Crippen molar-refractivity contribution >= 4 is 5.82 Å². The van der Waals surface area contributed by atoms with Crippen molar-refractivity contribution in [1.82, 2.24) is 21.0 Å². The van der Waals surface area contributed by atoms with E-state index in [9.17, 15) is 0 Å². The molecule has 0 aliphatic heterocycles. The minimum absolute atomic E-state index is 0.545. The standard InChI is InChI=1S/C22H27N5O/c1-23-16-25-14-17-6-8-18(9-7-17)15-28-20-12-10-19(11-13-20)21-4-3-5-22(26-21)27-24-2/h3-13,23-25H,14-16H2,1-2H3,(H,26,27). The highest BCUT2D eigenvalue weighted by Crippen LogP contribution is 2.22. The molecule has 6 nitrogen and oxygen atoms in total. The Bertz CT molecular complexity index is 850. The van der Waals surface area contributed by atoms with E-state index in [0.717, 1.165) is 41.6 Å². The first-order chi connectivity index (χ1) is 13.8. The Labute approximate surface area is 166 Å². The molecule has 3 rings (SSSR count). The number of ether oxygens (including phenoxy) is 1. The van der Waals surface area contributed by atoms with Gasteiger partial charge >= 0.3 is 0 Å². The average Bonchev–Trinajstić information content (AvgIpc) is 2.74. The van der Waals surface area contributed by atoms with E-state index >= 15 is 0 Å². The van der Waals surface area contributed by atoms with Crippen molar-refractivity contribution in [3.05, 3.63) is 77.9 Å². The first-order valence-corrected chi connectivity index (χ1v) is 9.34. The molecule has 28 heavy (non-hydrogen) atoms. The molecule has 0 aliphatic rings. The fourth-order valence-corrected chi connectivity index (χ4v) is 2.77. The lowest BCUT2D eigenvalue weighted by molar-refractivity contribution is 0.306. The molecule has 0 radical (unpaired) electrons. The Morgan fingerprint density at radius 3 is 2.32 bits per heavy atom. The molecule has 0 atom stereocenters. The fraction of sp³-hybridized carbons (Fsp3) is 0.227. The molecule has 6 heteroatoms. The number of hydrazine groups is 1. The van der Waals surface area contributed by atoms with Crippen molar-refractivity contribution < 1.29 is 4.74 Å². The van der Waals surface area contributed by atoms with Crippen molar-refractivity contribution in [2.75, 3.05) is 26.2 Å². The lowest BCUT2D eigenvalue weighted by Gasteiger charge is -2.09. The second-order valence-corrected chi connectivity index (χ2v) is 6.37. The smallest absolute Gasteiger partial charge is 0.140 e. The quantitative estimate of drug-likeness (QED) is 0.247. The first-order valence-electron chi connectivity index (χ1n) is 9.34. The highest BCUT2D eigenvalue weighted by molar-refractivity contribution is 5.62. The van der Waals surface area contributed by atoms with E-state index in [-0.39, 0.29) is 0 Å². The molecular formula is C22H27N5O. The van der Waals surface area contributed by atoms with Crippen LogP contribution in [0.4, 0.5) is 5.82 Å². The monoisotopic (exact) mass is 377 g/mol. The molecule has 3 aromatic rings. The molecule has 4 N–H and O–H groups in total. The molecule has 0 unspecified atom stereocenters.